The van der Waals surface area contributed by atoms with E-state index in [2.05, 4.69) is 4.72 Å². The zero-order valence-electron chi connectivity index (χ0n) is 12.7. The molecule has 0 heterocycles. The van der Waals surface area contributed by atoms with E-state index in [-0.39, 0.29) is 10.6 Å². The minimum atomic E-state index is -3.71. The number of sulfonamides is 1. The largest absolute Gasteiger partial charge is 0.398 e. The molecule has 0 aliphatic rings. The Kier molecular flexibility index (Phi) is 3.96. The molecule has 0 bridgehead atoms. The first-order chi connectivity index (χ1) is 9.72. The quantitative estimate of drug-likeness (QED) is 0.855. The summed E-state index contributed by atoms with van der Waals surface area (Å²) in [6, 6.07) is 8.97. The lowest BCUT2D eigenvalue weighted by Crippen LogP contribution is -2.17. The molecule has 0 radical (unpaired) electrons. The molecular formula is C16H20N2O2S. The number of nitrogens with one attached hydrogen (secondary N) is 1. The van der Waals surface area contributed by atoms with Crippen molar-refractivity contribution in [2.24, 2.45) is 0 Å². The maximum absolute atomic E-state index is 12.6. The molecule has 0 fully saturated rings. The topological polar surface area (TPSA) is 72.2 Å². The molecule has 21 heavy (non-hydrogen) atoms. The molecule has 0 spiro atoms. The summed E-state index contributed by atoms with van der Waals surface area (Å²) < 4.78 is 28.0. The second-order valence-corrected chi connectivity index (χ2v) is 6.99. The molecule has 0 atom stereocenters. The van der Waals surface area contributed by atoms with Gasteiger partial charge in [0.05, 0.1) is 11.4 Å². The van der Waals surface area contributed by atoms with Crippen LogP contribution in [0.25, 0.3) is 0 Å². The zero-order valence-corrected chi connectivity index (χ0v) is 13.5. The van der Waals surface area contributed by atoms with Crippen LogP contribution in [0.1, 0.15) is 22.3 Å². The number of aryl methyl sites for hydroxylation is 4. The van der Waals surface area contributed by atoms with E-state index in [4.69, 9.17) is 5.73 Å². The molecule has 0 amide bonds. The summed E-state index contributed by atoms with van der Waals surface area (Å²) in [6.45, 7) is 7.50. The molecule has 0 saturated carbocycles. The van der Waals surface area contributed by atoms with E-state index < -0.39 is 10.0 Å². The monoisotopic (exact) mass is 304 g/mol. The summed E-state index contributed by atoms with van der Waals surface area (Å²) in [5.41, 5.74) is 10.2. The number of nitrogen functional groups attached to an aromatic ring is 1. The van der Waals surface area contributed by atoms with E-state index in [0.717, 1.165) is 16.7 Å². The Morgan fingerprint density at radius 1 is 0.952 bits per heavy atom. The van der Waals surface area contributed by atoms with Crippen molar-refractivity contribution in [3.8, 4) is 0 Å². The highest BCUT2D eigenvalue weighted by atomic mass is 32.2. The molecule has 0 aromatic heterocycles. The molecule has 5 heteroatoms. The summed E-state index contributed by atoms with van der Waals surface area (Å²) in [6.07, 6.45) is 0. The van der Waals surface area contributed by atoms with Crippen LogP contribution in [0, 0.1) is 27.7 Å². The fraction of sp³-hybridized carbons (Fsp3) is 0.250. The normalized spacial score (nSPS) is 11.4. The minimum absolute atomic E-state index is 0.143. The zero-order chi connectivity index (χ0) is 15.8. The van der Waals surface area contributed by atoms with Crippen LogP contribution in [-0.2, 0) is 10.0 Å². The average Bonchev–Trinajstić information content (AvgIpc) is 2.33. The summed E-state index contributed by atoms with van der Waals surface area (Å²) in [4.78, 5) is 0.143. The van der Waals surface area contributed by atoms with Gasteiger partial charge in [-0.3, -0.25) is 4.72 Å². The molecule has 3 N–H and O–H groups in total. The third-order valence-electron chi connectivity index (χ3n) is 3.42. The Balaban J connectivity index is 2.53. The van der Waals surface area contributed by atoms with Crippen molar-refractivity contribution >= 4 is 21.4 Å². The molecule has 2 rings (SSSR count). The van der Waals surface area contributed by atoms with Crippen LogP contribution in [0.4, 0.5) is 11.4 Å². The van der Waals surface area contributed by atoms with Gasteiger partial charge in [0.15, 0.2) is 0 Å². The second-order valence-electron chi connectivity index (χ2n) is 5.37. The molecule has 0 aliphatic heterocycles. The van der Waals surface area contributed by atoms with Crippen LogP contribution in [-0.4, -0.2) is 8.42 Å². The molecule has 0 unspecified atom stereocenters. The number of hydrogen-bond acceptors (Lipinski definition) is 3. The van der Waals surface area contributed by atoms with Crippen LogP contribution in [0.5, 0.6) is 0 Å². The predicted octanol–water partition coefficient (Wildman–Crippen LogP) is 3.30. The van der Waals surface area contributed by atoms with E-state index in [9.17, 15) is 8.42 Å². The van der Waals surface area contributed by atoms with Gasteiger partial charge in [0.25, 0.3) is 10.0 Å². The summed E-state index contributed by atoms with van der Waals surface area (Å²) in [5.74, 6) is 0. The van der Waals surface area contributed by atoms with Crippen LogP contribution < -0.4 is 10.5 Å². The van der Waals surface area contributed by atoms with Crippen molar-refractivity contribution in [1.29, 1.82) is 0 Å². The molecule has 2 aromatic carbocycles. The first kappa shape index (κ1) is 15.4. The summed E-state index contributed by atoms with van der Waals surface area (Å²) >= 11 is 0. The third kappa shape index (κ3) is 3.03. The standard InChI is InChI=1S/C16H20N2O2S/c1-10-8-12(3)15(13(4)9-10)18-21(19,20)16-11(2)6-5-7-14(16)17/h5-9,18H,17H2,1-4H3. The second kappa shape index (κ2) is 5.41. The Bertz CT molecular complexity index is 753. The first-order valence-electron chi connectivity index (χ1n) is 6.68. The molecule has 112 valence electrons. The van der Waals surface area contributed by atoms with Crippen molar-refractivity contribution in [1.82, 2.24) is 0 Å². The Morgan fingerprint density at radius 3 is 2.05 bits per heavy atom. The molecule has 0 saturated heterocycles. The maximum Gasteiger partial charge on any atom is 0.264 e. The van der Waals surface area contributed by atoms with Gasteiger partial charge in [-0.25, -0.2) is 8.42 Å². The van der Waals surface area contributed by atoms with Crippen molar-refractivity contribution < 1.29 is 8.42 Å². The molecule has 4 nitrogen and oxygen atoms in total. The van der Waals surface area contributed by atoms with Gasteiger partial charge in [0, 0.05) is 0 Å². The van der Waals surface area contributed by atoms with Crippen LogP contribution in [0.15, 0.2) is 35.2 Å². The van der Waals surface area contributed by atoms with Gasteiger partial charge in [-0.1, -0.05) is 29.8 Å². The smallest absolute Gasteiger partial charge is 0.264 e. The Morgan fingerprint density at radius 2 is 1.52 bits per heavy atom. The number of hydrogen-bond donors (Lipinski definition) is 2. The van der Waals surface area contributed by atoms with Gasteiger partial charge in [-0.2, -0.15) is 0 Å². The fourth-order valence-electron chi connectivity index (χ4n) is 2.57. The van der Waals surface area contributed by atoms with Gasteiger partial charge in [-0.05, 0) is 50.5 Å². The number of anilines is 2. The SMILES string of the molecule is Cc1cc(C)c(NS(=O)(=O)c2c(C)cccc2N)c(C)c1. The van der Waals surface area contributed by atoms with Crippen molar-refractivity contribution in [3.05, 3.63) is 52.6 Å². The lowest BCUT2D eigenvalue weighted by atomic mass is 10.1. The number of benzene rings is 2. The lowest BCUT2D eigenvalue weighted by molar-refractivity contribution is 0.601. The predicted molar refractivity (Wildman–Crippen MR) is 87.1 cm³/mol. The van der Waals surface area contributed by atoms with E-state index in [0.29, 0.717) is 11.3 Å². The summed E-state index contributed by atoms with van der Waals surface area (Å²) in [7, 11) is -3.71. The van der Waals surface area contributed by atoms with Gasteiger partial charge in [0.2, 0.25) is 0 Å². The van der Waals surface area contributed by atoms with Gasteiger partial charge in [0.1, 0.15) is 4.90 Å². The highest BCUT2D eigenvalue weighted by Gasteiger charge is 2.21. The Labute approximate surface area is 126 Å². The third-order valence-corrected chi connectivity index (χ3v) is 4.99. The molecule has 2 aromatic rings. The van der Waals surface area contributed by atoms with Gasteiger partial charge >= 0.3 is 0 Å². The van der Waals surface area contributed by atoms with Gasteiger partial charge in [-0.15, -0.1) is 0 Å². The Hall–Kier alpha value is -2.01. The van der Waals surface area contributed by atoms with Gasteiger partial charge < -0.3 is 5.73 Å². The number of nitrogens with two attached hydrogens (primary N) is 1. The van der Waals surface area contributed by atoms with E-state index in [1.807, 2.05) is 32.9 Å². The lowest BCUT2D eigenvalue weighted by Gasteiger charge is -2.16. The first-order valence-corrected chi connectivity index (χ1v) is 8.16. The fourth-order valence-corrected chi connectivity index (χ4v) is 4.13. The van der Waals surface area contributed by atoms with E-state index in [1.165, 1.54) is 0 Å². The summed E-state index contributed by atoms with van der Waals surface area (Å²) in [5, 5.41) is 0. The molecule has 0 aliphatic carbocycles. The number of rotatable bonds is 3. The van der Waals surface area contributed by atoms with Crippen LogP contribution in [0.3, 0.4) is 0 Å². The van der Waals surface area contributed by atoms with Crippen LogP contribution in [0.2, 0.25) is 0 Å². The highest BCUT2D eigenvalue weighted by Crippen LogP contribution is 2.28. The van der Waals surface area contributed by atoms with Crippen LogP contribution >= 0.6 is 0 Å². The maximum atomic E-state index is 12.6. The van der Waals surface area contributed by atoms with E-state index in [1.54, 1.807) is 25.1 Å². The van der Waals surface area contributed by atoms with Crippen molar-refractivity contribution in [3.63, 3.8) is 0 Å². The minimum Gasteiger partial charge on any atom is -0.398 e. The van der Waals surface area contributed by atoms with Crippen molar-refractivity contribution in [2.75, 3.05) is 10.5 Å². The highest BCUT2D eigenvalue weighted by molar-refractivity contribution is 7.93. The average molecular weight is 304 g/mol. The molecular weight excluding hydrogens is 284 g/mol. The van der Waals surface area contributed by atoms with Crippen molar-refractivity contribution in [2.45, 2.75) is 32.6 Å². The van der Waals surface area contributed by atoms with E-state index >= 15 is 0 Å².